The molecule has 104 valence electrons. The van der Waals surface area contributed by atoms with Crippen LogP contribution in [-0.2, 0) is 0 Å². The molecule has 0 aliphatic heterocycles. The summed E-state index contributed by atoms with van der Waals surface area (Å²) in [7, 11) is 0. The summed E-state index contributed by atoms with van der Waals surface area (Å²) in [6.07, 6.45) is 1.43. The highest BCUT2D eigenvalue weighted by Gasteiger charge is 2.09. The van der Waals surface area contributed by atoms with Crippen molar-refractivity contribution in [3.05, 3.63) is 59.4 Å². The summed E-state index contributed by atoms with van der Waals surface area (Å²) in [5.41, 5.74) is 0.814. The van der Waals surface area contributed by atoms with Gasteiger partial charge in [0.25, 0.3) is 0 Å². The van der Waals surface area contributed by atoms with Crippen LogP contribution in [0.5, 0.6) is 0 Å². The molecular weight excluding hydrogens is 308 g/mol. The number of carboxylic acid groups (broad SMARTS) is 1. The molecule has 3 aromatic rings. The Hall–Kier alpha value is -2.11. The van der Waals surface area contributed by atoms with Crippen molar-refractivity contribution in [3.8, 4) is 0 Å². The number of carboxylic acids is 1. The van der Waals surface area contributed by atoms with E-state index in [-0.39, 0.29) is 5.56 Å². The normalized spacial score (nSPS) is 10.7. The summed E-state index contributed by atoms with van der Waals surface area (Å²) in [5.74, 6) is -0.973. The van der Waals surface area contributed by atoms with Crippen molar-refractivity contribution >= 4 is 40.2 Å². The fourth-order valence-corrected chi connectivity index (χ4v) is 3.08. The molecule has 1 aromatic heterocycles. The number of aromatic carboxylic acids is 1. The van der Waals surface area contributed by atoms with Gasteiger partial charge in [0, 0.05) is 15.3 Å². The van der Waals surface area contributed by atoms with Crippen LogP contribution in [0.2, 0.25) is 5.02 Å². The van der Waals surface area contributed by atoms with Crippen LogP contribution < -0.4 is 0 Å². The highest BCUT2D eigenvalue weighted by Crippen LogP contribution is 2.32. The van der Waals surface area contributed by atoms with E-state index >= 15 is 0 Å². The molecule has 0 saturated carbocycles. The SMILES string of the molecule is O=C(O)c1ccc2c(Sc3cccc(Cl)c3)ncnc2c1. The minimum atomic E-state index is -0.973. The number of aromatic nitrogens is 2. The quantitative estimate of drug-likeness (QED) is 0.736. The first kappa shape index (κ1) is 13.9. The third-order valence-corrected chi connectivity index (χ3v) is 4.10. The van der Waals surface area contributed by atoms with Crippen LogP contribution in [0.1, 0.15) is 10.4 Å². The number of carbonyl (C=O) groups is 1. The summed E-state index contributed by atoms with van der Waals surface area (Å²) in [5, 5.41) is 11.3. The van der Waals surface area contributed by atoms with E-state index in [1.54, 1.807) is 18.2 Å². The first-order valence-corrected chi connectivity index (χ1v) is 7.24. The van der Waals surface area contributed by atoms with E-state index < -0.39 is 5.97 Å². The van der Waals surface area contributed by atoms with Gasteiger partial charge in [-0.1, -0.05) is 29.4 Å². The van der Waals surface area contributed by atoms with Gasteiger partial charge in [0.05, 0.1) is 11.1 Å². The van der Waals surface area contributed by atoms with Crippen LogP contribution in [0, 0.1) is 0 Å². The van der Waals surface area contributed by atoms with E-state index in [9.17, 15) is 4.79 Å². The zero-order valence-corrected chi connectivity index (χ0v) is 12.2. The second-order valence-electron chi connectivity index (χ2n) is 4.28. The molecule has 3 rings (SSSR count). The van der Waals surface area contributed by atoms with Gasteiger partial charge in [-0.15, -0.1) is 0 Å². The Morgan fingerprint density at radius 2 is 2.00 bits per heavy atom. The molecule has 0 radical (unpaired) electrons. The molecule has 1 N–H and O–H groups in total. The number of hydrogen-bond donors (Lipinski definition) is 1. The molecule has 0 spiro atoms. The van der Waals surface area contributed by atoms with E-state index in [0.717, 1.165) is 15.3 Å². The maximum atomic E-state index is 11.0. The average molecular weight is 317 g/mol. The molecule has 0 saturated heterocycles. The van der Waals surface area contributed by atoms with Gasteiger partial charge in [0.15, 0.2) is 0 Å². The lowest BCUT2D eigenvalue weighted by molar-refractivity contribution is 0.0697. The third-order valence-electron chi connectivity index (χ3n) is 2.86. The second-order valence-corrected chi connectivity index (χ2v) is 5.77. The van der Waals surface area contributed by atoms with Crippen molar-refractivity contribution in [2.75, 3.05) is 0 Å². The second kappa shape index (κ2) is 5.71. The Morgan fingerprint density at radius 3 is 2.76 bits per heavy atom. The van der Waals surface area contributed by atoms with Crippen molar-refractivity contribution in [2.45, 2.75) is 9.92 Å². The fourth-order valence-electron chi connectivity index (χ4n) is 1.89. The van der Waals surface area contributed by atoms with Crippen LogP contribution in [0.25, 0.3) is 10.9 Å². The molecule has 4 nitrogen and oxygen atoms in total. The van der Waals surface area contributed by atoms with E-state index in [2.05, 4.69) is 9.97 Å². The van der Waals surface area contributed by atoms with Gasteiger partial charge in [-0.05, 0) is 36.4 Å². The molecule has 0 aliphatic rings. The van der Waals surface area contributed by atoms with Gasteiger partial charge in [-0.3, -0.25) is 0 Å². The predicted octanol–water partition coefficient (Wildman–Crippen LogP) is 4.13. The molecule has 0 aliphatic carbocycles. The van der Waals surface area contributed by atoms with Crippen LogP contribution in [0.15, 0.2) is 58.7 Å². The van der Waals surface area contributed by atoms with E-state index in [4.69, 9.17) is 16.7 Å². The molecule has 2 aromatic carbocycles. The largest absolute Gasteiger partial charge is 0.478 e. The Bertz CT molecular complexity index is 839. The Morgan fingerprint density at radius 1 is 1.14 bits per heavy atom. The van der Waals surface area contributed by atoms with E-state index in [1.807, 2.05) is 24.3 Å². The number of rotatable bonds is 3. The molecular formula is C15H9ClN2O2S. The third kappa shape index (κ3) is 2.99. The Balaban J connectivity index is 2.05. The lowest BCUT2D eigenvalue weighted by atomic mass is 10.1. The van der Waals surface area contributed by atoms with E-state index in [1.165, 1.54) is 18.1 Å². The molecule has 6 heteroatoms. The summed E-state index contributed by atoms with van der Waals surface area (Å²) < 4.78 is 0. The number of hydrogen-bond acceptors (Lipinski definition) is 4. The Labute approximate surface area is 129 Å². The standard InChI is InChI=1S/C15H9ClN2O2S/c16-10-2-1-3-11(7-10)21-14-12-5-4-9(15(19)20)6-13(12)17-8-18-14/h1-8H,(H,19,20). The molecule has 0 fully saturated rings. The zero-order chi connectivity index (χ0) is 14.8. The van der Waals surface area contributed by atoms with Crippen molar-refractivity contribution in [1.82, 2.24) is 9.97 Å². The topological polar surface area (TPSA) is 63.1 Å². The average Bonchev–Trinajstić information content (AvgIpc) is 2.47. The van der Waals surface area contributed by atoms with Crippen LogP contribution in [0.3, 0.4) is 0 Å². The maximum absolute atomic E-state index is 11.0. The van der Waals surface area contributed by atoms with Gasteiger partial charge in [-0.2, -0.15) is 0 Å². The molecule has 21 heavy (non-hydrogen) atoms. The van der Waals surface area contributed by atoms with Crippen LogP contribution in [-0.4, -0.2) is 21.0 Å². The number of benzene rings is 2. The van der Waals surface area contributed by atoms with Crippen molar-refractivity contribution in [1.29, 1.82) is 0 Å². The van der Waals surface area contributed by atoms with Gasteiger partial charge >= 0.3 is 5.97 Å². The van der Waals surface area contributed by atoms with Crippen molar-refractivity contribution < 1.29 is 9.90 Å². The highest BCUT2D eigenvalue weighted by molar-refractivity contribution is 7.99. The van der Waals surface area contributed by atoms with Gasteiger partial charge in [-0.25, -0.2) is 14.8 Å². The summed E-state index contributed by atoms with van der Waals surface area (Å²) in [6.45, 7) is 0. The minimum absolute atomic E-state index is 0.208. The predicted molar refractivity (Wildman–Crippen MR) is 82.1 cm³/mol. The molecule has 0 amide bonds. The van der Waals surface area contributed by atoms with Gasteiger partial charge in [0.1, 0.15) is 11.4 Å². The van der Waals surface area contributed by atoms with Crippen LogP contribution in [0.4, 0.5) is 0 Å². The molecule has 0 bridgehead atoms. The smallest absolute Gasteiger partial charge is 0.335 e. The molecule has 1 heterocycles. The monoisotopic (exact) mass is 316 g/mol. The Kier molecular flexibility index (Phi) is 3.77. The molecule has 0 unspecified atom stereocenters. The number of halogens is 1. The summed E-state index contributed by atoms with van der Waals surface area (Å²) in [6, 6.07) is 12.3. The lowest BCUT2D eigenvalue weighted by Crippen LogP contribution is -1.96. The maximum Gasteiger partial charge on any atom is 0.335 e. The summed E-state index contributed by atoms with van der Waals surface area (Å²) in [4.78, 5) is 20.4. The van der Waals surface area contributed by atoms with Gasteiger partial charge < -0.3 is 5.11 Å². The molecule has 0 atom stereocenters. The van der Waals surface area contributed by atoms with E-state index in [0.29, 0.717) is 10.5 Å². The number of fused-ring (bicyclic) bond motifs is 1. The van der Waals surface area contributed by atoms with Crippen molar-refractivity contribution in [3.63, 3.8) is 0 Å². The lowest BCUT2D eigenvalue weighted by Gasteiger charge is -2.05. The first-order chi connectivity index (χ1) is 10.1. The van der Waals surface area contributed by atoms with Gasteiger partial charge in [0.2, 0.25) is 0 Å². The fraction of sp³-hybridized carbons (Fsp3) is 0. The first-order valence-electron chi connectivity index (χ1n) is 6.05. The highest BCUT2D eigenvalue weighted by atomic mass is 35.5. The minimum Gasteiger partial charge on any atom is -0.478 e. The van der Waals surface area contributed by atoms with Crippen molar-refractivity contribution in [2.24, 2.45) is 0 Å². The number of nitrogens with zero attached hydrogens (tertiary/aromatic N) is 2. The summed E-state index contributed by atoms with van der Waals surface area (Å²) >= 11 is 7.44. The zero-order valence-electron chi connectivity index (χ0n) is 10.7. The van der Waals surface area contributed by atoms with Crippen LogP contribution >= 0.6 is 23.4 Å².